The Labute approximate surface area is 173 Å². The van der Waals surface area contributed by atoms with Gasteiger partial charge in [0.15, 0.2) is 0 Å². The van der Waals surface area contributed by atoms with E-state index in [9.17, 15) is 9.59 Å². The molecule has 2 amide bonds. The van der Waals surface area contributed by atoms with Crippen molar-refractivity contribution >= 4 is 36.6 Å². The highest BCUT2D eigenvalue weighted by Gasteiger charge is 2.28. The summed E-state index contributed by atoms with van der Waals surface area (Å²) in [5, 5.41) is 0. The molecule has 0 bridgehead atoms. The summed E-state index contributed by atoms with van der Waals surface area (Å²) in [7, 11) is 0. The molecule has 1 unspecified atom stereocenters. The molecule has 1 atom stereocenters. The first-order valence-corrected chi connectivity index (χ1v) is 9.17. The standard InChI is InChI=1S/C18H28N4O3.2ClH/c1-14-4-2-3-5-22(14)17(23)12-20-6-8-21(9-7-20)18(24)15-10-16(11-19)25-13-15;;/h10,13-14H,2-9,11-12,19H2,1H3;2*1H. The van der Waals surface area contributed by atoms with Crippen LogP contribution in [0.3, 0.4) is 0 Å². The maximum Gasteiger partial charge on any atom is 0.257 e. The molecule has 154 valence electrons. The normalized spacial score (nSPS) is 20.6. The van der Waals surface area contributed by atoms with Crippen molar-refractivity contribution in [3.05, 3.63) is 23.7 Å². The van der Waals surface area contributed by atoms with E-state index in [2.05, 4.69) is 11.8 Å². The van der Waals surface area contributed by atoms with Crippen molar-refractivity contribution in [3.8, 4) is 0 Å². The maximum absolute atomic E-state index is 12.5. The minimum atomic E-state index is -0.0286. The lowest BCUT2D eigenvalue weighted by Crippen LogP contribution is -2.53. The Morgan fingerprint density at radius 1 is 1.15 bits per heavy atom. The molecule has 7 nitrogen and oxygen atoms in total. The average Bonchev–Trinajstić information content (AvgIpc) is 3.11. The Morgan fingerprint density at radius 2 is 1.85 bits per heavy atom. The number of hydrogen-bond donors (Lipinski definition) is 1. The number of furan rings is 1. The molecule has 0 radical (unpaired) electrons. The van der Waals surface area contributed by atoms with Crippen molar-refractivity contribution in [2.45, 2.75) is 38.8 Å². The lowest BCUT2D eigenvalue weighted by molar-refractivity contribution is -0.136. The summed E-state index contributed by atoms with van der Waals surface area (Å²) in [6.07, 6.45) is 4.89. The largest absolute Gasteiger partial charge is 0.467 e. The third-order valence-corrected chi connectivity index (χ3v) is 5.24. The van der Waals surface area contributed by atoms with Crippen LogP contribution in [0.1, 0.15) is 42.3 Å². The minimum absolute atomic E-state index is 0. The van der Waals surface area contributed by atoms with Crippen LogP contribution in [-0.4, -0.2) is 71.8 Å². The van der Waals surface area contributed by atoms with Gasteiger partial charge in [0.05, 0.1) is 18.7 Å². The lowest BCUT2D eigenvalue weighted by atomic mass is 10.0. The van der Waals surface area contributed by atoms with Gasteiger partial charge in [-0.25, -0.2) is 0 Å². The quantitative estimate of drug-likeness (QED) is 0.801. The number of halogens is 2. The van der Waals surface area contributed by atoms with Crippen LogP contribution in [0.5, 0.6) is 0 Å². The lowest BCUT2D eigenvalue weighted by Gasteiger charge is -2.38. The van der Waals surface area contributed by atoms with Gasteiger partial charge in [-0.15, -0.1) is 24.8 Å². The van der Waals surface area contributed by atoms with Gasteiger partial charge < -0.3 is 20.0 Å². The molecule has 3 rings (SSSR count). The number of nitrogens with zero attached hydrogens (tertiary/aromatic N) is 3. The summed E-state index contributed by atoms with van der Waals surface area (Å²) in [6.45, 7) is 6.46. The highest BCUT2D eigenvalue weighted by Crippen LogP contribution is 2.17. The van der Waals surface area contributed by atoms with E-state index in [0.29, 0.717) is 37.0 Å². The van der Waals surface area contributed by atoms with Gasteiger partial charge in [-0.3, -0.25) is 14.5 Å². The van der Waals surface area contributed by atoms with E-state index >= 15 is 0 Å². The first-order valence-electron chi connectivity index (χ1n) is 9.17. The minimum Gasteiger partial charge on any atom is -0.467 e. The highest BCUT2D eigenvalue weighted by atomic mass is 35.5. The van der Waals surface area contributed by atoms with Crippen LogP contribution < -0.4 is 5.73 Å². The number of rotatable bonds is 4. The predicted octanol–water partition coefficient (Wildman–Crippen LogP) is 1.74. The first-order chi connectivity index (χ1) is 12.1. The van der Waals surface area contributed by atoms with E-state index in [1.807, 2.05) is 9.80 Å². The van der Waals surface area contributed by atoms with Crippen LogP contribution in [0.4, 0.5) is 0 Å². The number of piperazine rings is 1. The fourth-order valence-electron chi connectivity index (χ4n) is 3.64. The van der Waals surface area contributed by atoms with Crippen LogP contribution in [-0.2, 0) is 11.3 Å². The van der Waals surface area contributed by atoms with Crippen molar-refractivity contribution < 1.29 is 14.0 Å². The smallest absolute Gasteiger partial charge is 0.257 e. The molecule has 3 heterocycles. The zero-order valence-electron chi connectivity index (χ0n) is 15.8. The number of piperidine rings is 1. The van der Waals surface area contributed by atoms with E-state index in [0.717, 1.165) is 32.5 Å². The second-order valence-electron chi connectivity index (χ2n) is 7.01. The number of hydrogen-bond acceptors (Lipinski definition) is 5. The van der Waals surface area contributed by atoms with E-state index in [1.54, 1.807) is 6.07 Å². The molecule has 1 aromatic rings. The summed E-state index contributed by atoms with van der Waals surface area (Å²) in [5.41, 5.74) is 6.06. The Kier molecular flexibility index (Phi) is 9.59. The molecule has 2 fully saturated rings. The van der Waals surface area contributed by atoms with Gasteiger partial charge in [-0.05, 0) is 32.3 Å². The number of amides is 2. The molecule has 2 saturated heterocycles. The Balaban J connectivity index is 0.00000182. The molecule has 9 heteroatoms. The molecule has 1 aromatic heterocycles. The van der Waals surface area contributed by atoms with E-state index in [4.69, 9.17) is 10.2 Å². The van der Waals surface area contributed by atoms with Gasteiger partial charge in [-0.1, -0.05) is 0 Å². The van der Waals surface area contributed by atoms with Crippen molar-refractivity contribution in [1.29, 1.82) is 0 Å². The van der Waals surface area contributed by atoms with Crippen molar-refractivity contribution in [2.24, 2.45) is 5.73 Å². The summed E-state index contributed by atoms with van der Waals surface area (Å²) in [4.78, 5) is 31.0. The highest BCUT2D eigenvalue weighted by molar-refractivity contribution is 5.94. The van der Waals surface area contributed by atoms with Crippen LogP contribution >= 0.6 is 24.8 Å². The zero-order chi connectivity index (χ0) is 17.8. The van der Waals surface area contributed by atoms with Crippen LogP contribution in [0.15, 0.2) is 16.7 Å². The number of carbonyl (C=O) groups is 2. The van der Waals surface area contributed by atoms with Crippen LogP contribution in [0.2, 0.25) is 0 Å². The molecule has 27 heavy (non-hydrogen) atoms. The van der Waals surface area contributed by atoms with Crippen molar-refractivity contribution in [3.63, 3.8) is 0 Å². The van der Waals surface area contributed by atoms with Crippen molar-refractivity contribution in [2.75, 3.05) is 39.3 Å². The van der Waals surface area contributed by atoms with E-state index < -0.39 is 0 Å². The number of nitrogens with two attached hydrogens (primary N) is 1. The molecule has 0 spiro atoms. The summed E-state index contributed by atoms with van der Waals surface area (Å²) in [6, 6.07) is 2.05. The van der Waals surface area contributed by atoms with Gasteiger partial charge in [0.1, 0.15) is 12.0 Å². The number of likely N-dealkylation sites (tertiary alicyclic amines) is 1. The molecule has 2 aliphatic rings. The van der Waals surface area contributed by atoms with Crippen LogP contribution in [0, 0.1) is 0 Å². The second-order valence-corrected chi connectivity index (χ2v) is 7.01. The Bertz CT molecular complexity index is 618. The third kappa shape index (κ3) is 5.85. The molecular weight excluding hydrogens is 391 g/mol. The summed E-state index contributed by atoms with van der Waals surface area (Å²) < 4.78 is 5.24. The van der Waals surface area contributed by atoms with Gasteiger partial charge in [0, 0.05) is 38.8 Å². The van der Waals surface area contributed by atoms with Gasteiger partial charge >= 0.3 is 0 Å². The van der Waals surface area contributed by atoms with Gasteiger partial charge in [0.2, 0.25) is 5.91 Å². The Hall–Kier alpha value is -1.28. The second kappa shape index (κ2) is 10.9. The predicted molar refractivity (Wildman–Crippen MR) is 108 cm³/mol. The molecule has 2 N–H and O–H groups in total. The van der Waals surface area contributed by atoms with Gasteiger partial charge in [-0.2, -0.15) is 0 Å². The Morgan fingerprint density at radius 3 is 2.44 bits per heavy atom. The molecule has 0 saturated carbocycles. The third-order valence-electron chi connectivity index (χ3n) is 5.24. The monoisotopic (exact) mass is 420 g/mol. The fourth-order valence-corrected chi connectivity index (χ4v) is 3.64. The van der Waals surface area contributed by atoms with Crippen molar-refractivity contribution in [1.82, 2.24) is 14.7 Å². The summed E-state index contributed by atoms with van der Waals surface area (Å²) in [5.74, 6) is 0.803. The van der Waals surface area contributed by atoms with Gasteiger partial charge in [0.25, 0.3) is 5.91 Å². The SMILES string of the molecule is CC1CCCCN1C(=O)CN1CCN(C(=O)c2coc(CN)c2)CC1.Cl.Cl. The zero-order valence-corrected chi connectivity index (χ0v) is 17.4. The maximum atomic E-state index is 12.5. The molecular formula is C18H30Cl2N4O3. The topological polar surface area (TPSA) is 83.0 Å². The average molecular weight is 421 g/mol. The van der Waals surface area contributed by atoms with E-state index in [1.165, 1.54) is 12.7 Å². The first kappa shape index (κ1) is 23.8. The molecule has 0 aromatic carbocycles. The summed E-state index contributed by atoms with van der Waals surface area (Å²) >= 11 is 0. The molecule has 0 aliphatic carbocycles. The fraction of sp³-hybridized carbons (Fsp3) is 0.667. The number of carbonyl (C=O) groups excluding carboxylic acids is 2. The molecule has 2 aliphatic heterocycles. The van der Waals surface area contributed by atoms with Crippen LogP contribution in [0.25, 0.3) is 0 Å². The van der Waals surface area contributed by atoms with E-state index in [-0.39, 0.29) is 43.2 Å².